The van der Waals surface area contributed by atoms with Crippen LogP contribution in [0.15, 0.2) is 34.6 Å². The van der Waals surface area contributed by atoms with Crippen LogP contribution in [0.2, 0.25) is 0 Å². The summed E-state index contributed by atoms with van der Waals surface area (Å²) in [4.78, 5) is 27.3. The Hall–Kier alpha value is -2.09. The molecule has 146 valence electrons. The van der Waals surface area contributed by atoms with Crippen molar-refractivity contribution in [3.05, 3.63) is 67.6 Å². The van der Waals surface area contributed by atoms with Crippen LogP contribution in [0.1, 0.15) is 44.7 Å². The third kappa shape index (κ3) is 4.16. The van der Waals surface area contributed by atoms with Crippen LogP contribution in [0.25, 0.3) is 0 Å². The maximum absolute atomic E-state index is 12.9. The van der Waals surface area contributed by atoms with E-state index < -0.39 is 0 Å². The molecule has 1 amide bonds. The number of aryl methyl sites for hydroxylation is 1. The molecule has 1 aliphatic rings. The summed E-state index contributed by atoms with van der Waals surface area (Å²) >= 11 is 3.26. The molecule has 3 aromatic heterocycles. The lowest BCUT2D eigenvalue weighted by atomic mass is 10.0. The van der Waals surface area contributed by atoms with Gasteiger partial charge in [-0.2, -0.15) is 0 Å². The monoisotopic (exact) mass is 412 g/mol. The topological polar surface area (TPSA) is 49.3 Å². The SMILES string of the molecule is CCc1ccc(CN2CCc3c(C(=O)N(C)Cc4cscn4)csc3C2)nc1. The van der Waals surface area contributed by atoms with Gasteiger partial charge in [0, 0.05) is 48.5 Å². The second kappa shape index (κ2) is 8.51. The molecule has 0 spiro atoms. The van der Waals surface area contributed by atoms with E-state index in [1.165, 1.54) is 16.0 Å². The molecule has 0 saturated heterocycles. The number of nitrogens with zero attached hydrogens (tertiary/aromatic N) is 4. The minimum atomic E-state index is 0.0933. The Morgan fingerprint density at radius 3 is 2.86 bits per heavy atom. The number of rotatable bonds is 6. The van der Waals surface area contributed by atoms with Gasteiger partial charge in [-0.1, -0.05) is 13.0 Å². The molecule has 0 aliphatic carbocycles. The molecule has 0 saturated carbocycles. The van der Waals surface area contributed by atoms with Gasteiger partial charge in [0.25, 0.3) is 5.91 Å². The lowest BCUT2D eigenvalue weighted by molar-refractivity contribution is 0.0782. The minimum Gasteiger partial charge on any atom is -0.336 e. The predicted octanol–water partition coefficient (Wildman–Crippen LogP) is 3.99. The first-order valence-electron chi connectivity index (χ1n) is 9.52. The van der Waals surface area contributed by atoms with Crippen molar-refractivity contribution in [3.8, 4) is 0 Å². The van der Waals surface area contributed by atoms with E-state index in [2.05, 4.69) is 33.9 Å². The van der Waals surface area contributed by atoms with Crippen molar-refractivity contribution >= 4 is 28.6 Å². The number of thiophene rings is 1. The van der Waals surface area contributed by atoms with E-state index in [0.29, 0.717) is 6.54 Å². The van der Waals surface area contributed by atoms with E-state index in [9.17, 15) is 4.79 Å². The third-order valence-corrected chi connectivity index (χ3v) is 6.81. The number of aromatic nitrogens is 2. The van der Waals surface area contributed by atoms with Crippen LogP contribution >= 0.6 is 22.7 Å². The summed E-state index contributed by atoms with van der Waals surface area (Å²) in [5.74, 6) is 0.0933. The number of hydrogen-bond donors (Lipinski definition) is 0. The van der Waals surface area contributed by atoms with Crippen molar-refractivity contribution in [1.82, 2.24) is 19.8 Å². The van der Waals surface area contributed by atoms with E-state index in [1.54, 1.807) is 33.1 Å². The molecule has 28 heavy (non-hydrogen) atoms. The first kappa shape index (κ1) is 19.2. The van der Waals surface area contributed by atoms with Crippen molar-refractivity contribution in [1.29, 1.82) is 0 Å². The molecular formula is C21H24N4OS2. The van der Waals surface area contributed by atoms with Crippen LogP contribution in [0.5, 0.6) is 0 Å². The van der Waals surface area contributed by atoms with Gasteiger partial charge in [-0.05, 0) is 30.0 Å². The zero-order valence-electron chi connectivity index (χ0n) is 16.2. The van der Waals surface area contributed by atoms with Crippen LogP contribution in [0.4, 0.5) is 0 Å². The molecule has 1 aliphatic heterocycles. The normalized spacial score (nSPS) is 14.1. The Morgan fingerprint density at radius 2 is 2.14 bits per heavy atom. The Labute approximate surface area is 173 Å². The molecule has 0 fully saturated rings. The summed E-state index contributed by atoms with van der Waals surface area (Å²) < 4.78 is 0. The summed E-state index contributed by atoms with van der Waals surface area (Å²) in [6.07, 6.45) is 3.91. The highest BCUT2D eigenvalue weighted by atomic mass is 32.1. The number of carbonyl (C=O) groups is 1. The lowest BCUT2D eigenvalue weighted by Gasteiger charge is -2.27. The minimum absolute atomic E-state index is 0.0933. The smallest absolute Gasteiger partial charge is 0.255 e. The Balaban J connectivity index is 1.41. The summed E-state index contributed by atoms with van der Waals surface area (Å²) in [6.45, 7) is 5.40. The molecule has 0 atom stereocenters. The lowest BCUT2D eigenvalue weighted by Crippen LogP contribution is -2.32. The highest BCUT2D eigenvalue weighted by molar-refractivity contribution is 7.10. The van der Waals surface area contributed by atoms with Gasteiger partial charge in [-0.25, -0.2) is 4.98 Å². The molecule has 0 radical (unpaired) electrons. The van der Waals surface area contributed by atoms with E-state index >= 15 is 0 Å². The van der Waals surface area contributed by atoms with Gasteiger partial charge < -0.3 is 4.90 Å². The number of amides is 1. The van der Waals surface area contributed by atoms with Crippen molar-refractivity contribution in [2.24, 2.45) is 0 Å². The van der Waals surface area contributed by atoms with Gasteiger partial charge in [0.05, 0.1) is 29.0 Å². The number of pyridine rings is 1. The number of carbonyl (C=O) groups excluding carboxylic acids is 1. The second-order valence-electron chi connectivity index (χ2n) is 7.16. The average Bonchev–Trinajstić information content (AvgIpc) is 3.37. The zero-order valence-corrected chi connectivity index (χ0v) is 17.9. The highest BCUT2D eigenvalue weighted by Crippen LogP contribution is 2.30. The first-order valence-corrected chi connectivity index (χ1v) is 11.3. The zero-order chi connectivity index (χ0) is 19.5. The molecule has 3 aromatic rings. The van der Waals surface area contributed by atoms with Gasteiger partial charge in [0.15, 0.2) is 0 Å². The fourth-order valence-electron chi connectivity index (χ4n) is 3.52. The standard InChI is InChI=1S/C21H24N4OS2/c1-3-15-4-5-16(22-8-15)10-25-7-6-18-19(13-28-20(18)11-25)21(26)24(2)9-17-12-27-14-23-17/h4-5,8,12-14H,3,6-7,9-11H2,1-2H3. The molecule has 0 unspecified atom stereocenters. The molecular weight excluding hydrogens is 388 g/mol. The molecule has 4 heterocycles. The van der Waals surface area contributed by atoms with Gasteiger partial charge in [0.2, 0.25) is 0 Å². The summed E-state index contributed by atoms with van der Waals surface area (Å²) in [5.41, 5.74) is 7.22. The van der Waals surface area contributed by atoms with Crippen molar-refractivity contribution < 1.29 is 4.79 Å². The number of thiazole rings is 1. The van der Waals surface area contributed by atoms with Crippen LogP contribution < -0.4 is 0 Å². The van der Waals surface area contributed by atoms with Gasteiger partial charge in [-0.3, -0.25) is 14.7 Å². The van der Waals surface area contributed by atoms with Gasteiger partial charge in [-0.15, -0.1) is 22.7 Å². The van der Waals surface area contributed by atoms with Crippen LogP contribution in [0, 0.1) is 0 Å². The second-order valence-corrected chi connectivity index (χ2v) is 8.85. The molecule has 5 nitrogen and oxygen atoms in total. The van der Waals surface area contributed by atoms with Gasteiger partial charge >= 0.3 is 0 Å². The predicted molar refractivity (Wildman–Crippen MR) is 114 cm³/mol. The third-order valence-electron chi connectivity index (χ3n) is 5.17. The number of hydrogen-bond acceptors (Lipinski definition) is 6. The fourth-order valence-corrected chi connectivity index (χ4v) is 5.18. The average molecular weight is 413 g/mol. The highest BCUT2D eigenvalue weighted by Gasteiger charge is 2.25. The molecule has 0 N–H and O–H groups in total. The van der Waals surface area contributed by atoms with Crippen molar-refractivity contribution in [3.63, 3.8) is 0 Å². The largest absolute Gasteiger partial charge is 0.336 e. The number of fused-ring (bicyclic) bond motifs is 1. The fraction of sp³-hybridized carbons (Fsp3) is 0.381. The molecule has 0 bridgehead atoms. The van der Waals surface area contributed by atoms with E-state index in [0.717, 1.165) is 49.4 Å². The maximum atomic E-state index is 12.9. The Bertz CT molecular complexity index is 934. The summed E-state index contributed by atoms with van der Waals surface area (Å²) in [7, 11) is 1.85. The molecule has 7 heteroatoms. The van der Waals surface area contributed by atoms with E-state index in [-0.39, 0.29) is 5.91 Å². The first-order chi connectivity index (χ1) is 13.6. The Morgan fingerprint density at radius 1 is 1.25 bits per heavy atom. The van der Waals surface area contributed by atoms with Crippen LogP contribution in [-0.2, 0) is 32.5 Å². The van der Waals surface area contributed by atoms with Crippen molar-refractivity contribution in [2.75, 3.05) is 13.6 Å². The van der Waals surface area contributed by atoms with E-state index in [1.807, 2.05) is 24.0 Å². The summed E-state index contributed by atoms with van der Waals surface area (Å²) in [6, 6.07) is 4.29. The van der Waals surface area contributed by atoms with Crippen LogP contribution in [-0.4, -0.2) is 39.3 Å². The van der Waals surface area contributed by atoms with Gasteiger partial charge in [0.1, 0.15) is 0 Å². The summed E-state index contributed by atoms with van der Waals surface area (Å²) in [5, 5.41) is 4.02. The Kier molecular flexibility index (Phi) is 5.85. The van der Waals surface area contributed by atoms with Crippen LogP contribution in [0.3, 0.4) is 0 Å². The van der Waals surface area contributed by atoms with Crippen molar-refractivity contribution in [2.45, 2.75) is 39.4 Å². The molecule has 0 aromatic carbocycles. The molecule has 4 rings (SSSR count). The maximum Gasteiger partial charge on any atom is 0.255 e. The quantitative estimate of drug-likeness (QED) is 0.614. The van der Waals surface area contributed by atoms with E-state index in [4.69, 9.17) is 0 Å².